The van der Waals surface area contributed by atoms with Crippen molar-refractivity contribution >= 4 is 51.9 Å². The largest absolute Gasteiger partial charge is 0.482 e. The third kappa shape index (κ3) is 5.05. The van der Waals surface area contributed by atoms with Gasteiger partial charge in [-0.05, 0) is 53.8 Å². The number of benzene rings is 2. The minimum Gasteiger partial charge on any atom is -0.482 e. The van der Waals surface area contributed by atoms with Crippen LogP contribution >= 0.6 is 24.0 Å². The van der Waals surface area contributed by atoms with E-state index in [2.05, 4.69) is 13.8 Å². The normalized spacial score (nSPS) is 16.3. The number of thiocarbonyl (C=S) groups is 1. The highest BCUT2D eigenvalue weighted by molar-refractivity contribution is 8.27. The van der Waals surface area contributed by atoms with E-state index in [4.69, 9.17) is 22.1 Å². The van der Waals surface area contributed by atoms with Crippen LogP contribution in [0.15, 0.2) is 53.4 Å². The Balaban J connectivity index is 1.80. The lowest BCUT2D eigenvalue weighted by molar-refractivity contribution is -0.139. The topological polar surface area (TPSA) is 66.8 Å². The van der Waals surface area contributed by atoms with Gasteiger partial charge >= 0.3 is 5.97 Å². The van der Waals surface area contributed by atoms with Gasteiger partial charge in [0.05, 0.1) is 10.6 Å². The Morgan fingerprint density at radius 3 is 2.66 bits per heavy atom. The number of carbonyl (C=O) groups excluding carboxylic acids is 1. The lowest BCUT2D eigenvalue weighted by Crippen LogP contribution is -2.27. The van der Waals surface area contributed by atoms with Gasteiger partial charge in [0.1, 0.15) is 5.75 Å². The highest BCUT2D eigenvalue weighted by Crippen LogP contribution is 2.36. The Morgan fingerprint density at radius 2 is 2.00 bits per heavy atom. The van der Waals surface area contributed by atoms with Crippen LogP contribution in [0.25, 0.3) is 6.08 Å². The zero-order chi connectivity index (χ0) is 21.0. The number of carboxylic acids is 1. The first-order chi connectivity index (χ1) is 13.9. The Kier molecular flexibility index (Phi) is 6.71. The van der Waals surface area contributed by atoms with Crippen molar-refractivity contribution in [1.29, 1.82) is 0 Å². The van der Waals surface area contributed by atoms with E-state index in [1.807, 2.05) is 30.3 Å². The highest BCUT2D eigenvalue weighted by atomic mass is 32.2. The minimum atomic E-state index is -1.05. The van der Waals surface area contributed by atoms with Gasteiger partial charge in [-0.25, -0.2) is 4.79 Å². The van der Waals surface area contributed by atoms with E-state index in [1.54, 1.807) is 24.3 Å². The number of rotatable bonds is 7. The van der Waals surface area contributed by atoms with Crippen molar-refractivity contribution < 1.29 is 19.4 Å². The number of anilines is 1. The average Bonchev–Trinajstić information content (AvgIpc) is 2.99. The summed E-state index contributed by atoms with van der Waals surface area (Å²) in [6.07, 6.45) is 2.79. The van der Waals surface area contributed by atoms with Crippen LogP contribution < -0.4 is 9.64 Å². The standard InChI is InChI=1S/C22H21NO4S2/c1-3-14(2)16-7-9-17(10-8-16)23-21(26)19(29-22(23)28)12-15-5-4-6-18(11-15)27-13-20(24)25/h4-12,14H,3,13H2,1-2H3,(H,24,25)/b19-12+. The molecule has 1 heterocycles. The van der Waals surface area contributed by atoms with Crippen molar-refractivity contribution in [3.05, 3.63) is 64.6 Å². The average molecular weight is 428 g/mol. The molecule has 1 amide bonds. The van der Waals surface area contributed by atoms with Crippen LogP contribution in [-0.4, -0.2) is 27.9 Å². The van der Waals surface area contributed by atoms with E-state index in [-0.39, 0.29) is 5.91 Å². The van der Waals surface area contributed by atoms with E-state index in [0.29, 0.717) is 20.9 Å². The molecule has 5 nitrogen and oxygen atoms in total. The Hall–Kier alpha value is -2.64. The van der Waals surface area contributed by atoms with E-state index in [0.717, 1.165) is 17.7 Å². The second-order valence-corrected chi connectivity index (χ2v) is 8.35. The molecule has 1 N–H and O–H groups in total. The van der Waals surface area contributed by atoms with Crippen molar-refractivity contribution in [1.82, 2.24) is 0 Å². The van der Waals surface area contributed by atoms with Crippen molar-refractivity contribution in [2.75, 3.05) is 11.5 Å². The molecule has 1 unspecified atom stereocenters. The predicted octanol–water partition coefficient (Wildman–Crippen LogP) is 5.07. The maximum absolute atomic E-state index is 12.9. The van der Waals surface area contributed by atoms with Crippen molar-refractivity contribution in [2.24, 2.45) is 0 Å². The van der Waals surface area contributed by atoms with Crippen LogP contribution in [0.5, 0.6) is 5.75 Å². The number of amides is 1. The lowest BCUT2D eigenvalue weighted by atomic mass is 9.98. The van der Waals surface area contributed by atoms with Gasteiger partial charge in [0, 0.05) is 0 Å². The molecule has 1 aliphatic rings. The van der Waals surface area contributed by atoms with Crippen molar-refractivity contribution in [3.8, 4) is 5.75 Å². The molecule has 1 fully saturated rings. The fourth-order valence-electron chi connectivity index (χ4n) is 2.87. The third-order valence-corrected chi connectivity index (χ3v) is 5.95. The maximum Gasteiger partial charge on any atom is 0.341 e. The van der Waals surface area contributed by atoms with Gasteiger partial charge in [-0.2, -0.15) is 0 Å². The van der Waals surface area contributed by atoms with Crippen LogP contribution in [0, 0.1) is 0 Å². The van der Waals surface area contributed by atoms with Gasteiger partial charge in [0.25, 0.3) is 5.91 Å². The number of hydrogen-bond acceptors (Lipinski definition) is 5. The number of hydrogen-bond donors (Lipinski definition) is 1. The quantitative estimate of drug-likeness (QED) is 0.492. The van der Waals surface area contributed by atoms with Crippen LogP contribution in [-0.2, 0) is 9.59 Å². The van der Waals surface area contributed by atoms with E-state index in [9.17, 15) is 9.59 Å². The first-order valence-corrected chi connectivity index (χ1v) is 10.4. The molecule has 0 aromatic heterocycles. The molecule has 7 heteroatoms. The highest BCUT2D eigenvalue weighted by Gasteiger charge is 2.33. The summed E-state index contributed by atoms with van der Waals surface area (Å²) in [7, 11) is 0. The molecule has 0 radical (unpaired) electrons. The summed E-state index contributed by atoms with van der Waals surface area (Å²) >= 11 is 6.68. The Labute approximate surface area is 179 Å². The molecule has 150 valence electrons. The number of carboxylic acid groups (broad SMARTS) is 1. The van der Waals surface area contributed by atoms with E-state index >= 15 is 0 Å². The molecule has 1 aliphatic heterocycles. The van der Waals surface area contributed by atoms with Gasteiger partial charge in [-0.15, -0.1) is 0 Å². The molecule has 2 aromatic rings. The second-order valence-electron chi connectivity index (χ2n) is 6.67. The molecule has 3 rings (SSSR count). The number of ether oxygens (including phenoxy) is 1. The van der Waals surface area contributed by atoms with Crippen LogP contribution in [0.2, 0.25) is 0 Å². The molecule has 0 spiro atoms. The summed E-state index contributed by atoms with van der Waals surface area (Å²) in [5.41, 5.74) is 2.72. The van der Waals surface area contributed by atoms with Gasteiger partial charge in [0.2, 0.25) is 0 Å². The molecule has 2 aromatic carbocycles. The third-order valence-electron chi connectivity index (χ3n) is 4.64. The molecule has 1 saturated heterocycles. The Bertz CT molecular complexity index is 969. The summed E-state index contributed by atoms with van der Waals surface area (Å²) in [5.74, 6) is -0.327. The first kappa shape index (κ1) is 21.1. The summed E-state index contributed by atoms with van der Waals surface area (Å²) < 4.78 is 5.68. The molecule has 1 atom stereocenters. The molecular weight excluding hydrogens is 406 g/mol. The zero-order valence-corrected chi connectivity index (χ0v) is 17.8. The maximum atomic E-state index is 12.9. The summed E-state index contributed by atoms with van der Waals surface area (Å²) in [6, 6.07) is 14.9. The lowest BCUT2D eigenvalue weighted by Gasteiger charge is -2.16. The monoisotopic (exact) mass is 427 g/mol. The summed E-state index contributed by atoms with van der Waals surface area (Å²) in [4.78, 5) is 25.6. The molecule has 0 saturated carbocycles. The smallest absolute Gasteiger partial charge is 0.341 e. The van der Waals surface area contributed by atoms with Gasteiger partial charge < -0.3 is 9.84 Å². The summed E-state index contributed by atoms with van der Waals surface area (Å²) in [6.45, 7) is 3.90. The van der Waals surface area contributed by atoms with Crippen LogP contribution in [0.3, 0.4) is 0 Å². The van der Waals surface area contributed by atoms with E-state index < -0.39 is 12.6 Å². The molecule has 0 aliphatic carbocycles. The fraction of sp³-hybridized carbons (Fsp3) is 0.227. The van der Waals surface area contributed by atoms with Gasteiger partial charge in [-0.1, -0.05) is 62.1 Å². The zero-order valence-electron chi connectivity index (χ0n) is 16.1. The van der Waals surface area contributed by atoms with Crippen LogP contribution in [0.4, 0.5) is 5.69 Å². The molecule has 29 heavy (non-hydrogen) atoms. The van der Waals surface area contributed by atoms with Crippen LogP contribution in [0.1, 0.15) is 37.3 Å². The Morgan fingerprint density at radius 1 is 1.28 bits per heavy atom. The minimum absolute atomic E-state index is 0.173. The second kappa shape index (κ2) is 9.24. The number of aliphatic carboxylic acids is 1. The van der Waals surface area contributed by atoms with E-state index in [1.165, 1.54) is 22.2 Å². The molecule has 0 bridgehead atoms. The van der Waals surface area contributed by atoms with Crippen molar-refractivity contribution in [3.63, 3.8) is 0 Å². The summed E-state index contributed by atoms with van der Waals surface area (Å²) in [5, 5.41) is 8.73. The number of nitrogens with zero attached hydrogens (tertiary/aromatic N) is 1. The van der Waals surface area contributed by atoms with Gasteiger partial charge in [0.15, 0.2) is 10.9 Å². The number of thioether (sulfide) groups is 1. The SMILES string of the molecule is CCC(C)c1ccc(N2C(=O)/C(=C\c3cccc(OCC(=O)O)c3)SC2=S)cc1. The number of carbonyl (C=O) groups is 2. The predicted molar refractivity (Wildman–Crippen MR) is 120 cm³/mol. The first-order valence-electron chi connectivity index (χ1n) is 9.21. The van der Waals surface area contributed by atoms with Crippen molar-refractivity contribution in [2.45, 2.75) is 26.2 Å². The fourth-order valence-corrected chi connectivity index (χ4v) is 4.17. The molecular formula is C22H21NO4S2. The van der Waals surface area contributed by atoms with Gasteiger partial charge in [-0.3, -0.25) is 9.69 Å².